The largest absolute Gasteiger partial charge is 0.480 e. The Kier molecular flexibility index (Phi) is 8.40. The minimum atomic E-state index is -1.08. The van der Waals surface area contributed by atoms with Crippen molar-refractivity contribution < 1.29 is 19.5 Å². The van der Waals surface area contributed by atoms with E-state index < -0.39 is 11.4 Å². The second-order valence-electron chi connectivity index (χ2n) is 5.53. The van der Waals surface area contributed by atoms with Gasteiger partial charge in [-0.15, -0.1) is 0 Å². The third-order valence-corrected chi connectivity index (χ3v) is 6.07. The first kappa shape index (κ1) is 21.1. The van der Waals surface area contributed by atoms with Crippen molar-refractivity contribution in [2.75, 3.05) is 20.8 Å². The number of alkyl halides is 2. The van der Waals surface area contributed by atoms with Crippen molar-refractivity contribution in [3.63, 3.8) is 0 Å². The van der Waals surface area contributed by atoms with Crippen LogP contribution in [0.1, 0.15) is 18.1 Å². The van der Waals surface area contributed by atoms with E-state index in [-0.39, 0.29) is 12.5 Å². The summed E-state index contributed by atoms with van der Waals surface area (Å²) in [5.74, 6) is -1.29. The summed E-state index contributed by atoms with van der Waals surface area (Å²) in [6, 6.07) is 5.74. The smallest absolute Gasteiger partial charge is 0.317 e. The Morgan fingerprint density at radius 2 is 1.75 bits per heavy atom. The maximum Gasteiger partial charge on any atom is 0.317 e. The lowest BCUT2D eigenvalue weighted by molar-refractivity contribution is -0.142. The number of carbonyl (C=O) groups excluding carboxylic acids is 1. The van der Waals surface area contributed by atoms with Crippen molar-refractivity contribution in [2.24, 2.45) is 10.6 Å². The molecule has 0 unspecified atom stereocenters. The fourth-order valence-electron chi connectivity index (χ4n) is 2.02. The second-order valence-corrected chi connectivity index (χ2v) is 7.05. The van der Waals surface area contributed by atoms with E-state index in [0.29, 0.717) is 20.3 Å². The predicted octanol–water partition coefficient (Wildman–Crippen LogP) is 3.58. The van der Waals surface area contributed by atoms with Crippen molar-refractivity contribution >= 4 is 68.5 Å². The molecule has 8 heteroatoms. The molecule has 0 aliphatic heterocycles. The summed E-state index contributed by atoms with van der Waals surface area (Å²) >= 11 is 4.04. The molecular formula is C16H20I2N2O4. The van der Waals surface area contributed by atoms with Gasteiger partial charge in [-0.3, -0.25) is 9.59 Å². The number of oxime groups is 1. The second kappa shape index (κ2) is 9.54. The highest BCUT2D eigenvalue weighted by molar-refractivity contribution is 14.1. The molecule has 1 rings (SSSR count). The quantitative estimate of drug-likeness (QED) is 0.221. The molecule has 1 aromatic rings. The highest BCUT2D eigenvalue weighted by atomic mass is 127. The van der Waals surface area contributed by atoms with Gasteiger partial charge in [-0.2, -0.15) is 0 Å². The molecular weight excluding hydrogens is 538 g/mol. The molecule has 0 aliphatic rings. The van der Waals surface area contributed by atoms with Gasteiger partial charge in [-0.1, -0.05) is 56.4 Å². The van der Waals surface area contributed by atoms with Crippen LogP contribution in [0.25, 0.3) is 0 Å². The van der Waals surface area contributed by atoms with Crippen LogP contribution < -0.4 is 5.32 Å². The topological polar surface area (TPSA) is 88.0 Å². The van der Waals surface area contributed by atoms with Crippen LogP contribution in [0.4, 0.5) is 5.69 Å². The minimum Gasteiger partial charge on any atom is -0.480 e. The molecule has 1 aromatic carbocycles. The normalized spacial score (nSPS) is 12.0. The van der Waals surface area contributed by atoms with Crippen LogP contribution in [0.5, 0.6) is 0 Å². The third kappa shape index (κ3) is 5.57. The summed E-state index contributed by atoms with van der Waals surface area (Å²) in [4.78, 5) is 28.5. The van der Waals surface area contributed by atoms with Gasteiger partial charge in [0.15, 0.2) is 6.61 Å². The number of rotatable bonds is 8. The average Bonchev–Trinajstić information content (AvgIpc) is 2.47. The number of carboxylic acids is 1. The summed E-state index contributed by atoms with van der Waals surface area (Å²) in [5, 5.41) is 16.0. The summed E-state index contributed by atoms with van der Waals surface area (Å²) in [6.07, 6.45) is 0. The van der Waals surface area contributed by atoms with E-state index in [0.717, 1.165) is 11.1 Å². The van der Waals surface area contributed by atoms with E-state index in [1.807, 2.05) is 77.2 Å². The Morgan fingerprint density at radius 3 is 2.21 bits per heavy atom. The lowest BCUT2D eigenvalue weighted by Crippen LogP contribution is -2.41. The molecule has 2 N–H and O–H groups in total. The summed E-state index contributed by atoms with van der Waals surface area (Å²) in [6.45, 7) is 5.23. The zero-order chi connectivity index (χ0) is 18.3. The SMILES string of the molecule is C/C(=N\OCC(=O)Nc1cc(C)cc(C)c1)C(CI)(CI)C(=O)O. The number of halogens is 2. The molecule has 1 amide bonds. The van der Waals surface area contributed by atoms with E-state index in [2.05, 4.69) is 10.5 Å². The average molecular weight is 558 g/mol. The third-order valence-electron chi connectivity index (χ3n) is 3.46. The Balaban J connectivity index is 2.68. The number of aryl methyl sites for hydroxylation is 2. The molecule has 0 aromatic heterocycles. The lowest BCUT2D eigenvalue weighted by Gasteiger charge is -2.24. The maximum absolute atomic E-state index is 11.9. The number of benzene rings is 1. The summed E-state index contributed by atoms with van der Waals surface area (Å²) in [5.41, 5.74) is 2.07. The zero-order valence-corrected chi connectivity index (χ0v) is 18.0. The number of hydrogen-bond acceptors (Lipinski definition) is 4. The molecule has 0 saturated heterocycles. The molecule has 0 bridgehead atoms. The molecule has 0 fully saturated rings. The number of carbonyl (C=O) groups is 2. The first-order valence-corrected chi connectivity index (χ1v) is 10.2. The lowest BCUT2D eigenvalue weighted by atomic mass is 9.88. The molecule has 0 saturated carbocycles. The van der Waals surface area contributed by atoms with Crippen LogP contribution in [-0.4, -0.2) is 38.2 Å². The number of hydrogen-bond donors (Lipinski definition) is 2. The maximum atomic E-state index is 11.9. The van der Waals surface area contributed by atoms with Crippen molar-refractivity contribution in [3.05, 3.63) is 29.3 Å². The number of amides is 1. The van der Waals surface area contributed by atoms with Gasteiger partial charge in [0, 0.05) is 14.5 Å². The van der Waals surface area contributed by atoms with Gasteiger partial charge in [0.2, 0.25) is 0 Å². The molecule has 0 heterocycles. The molecule has 132 valence electrons. The van der Waals surface area contributed by atoms with Crippen LogP contribution in [0, 0.1) is 19.3 Å². The Morgan fingerprint density at radius 1 is 1.21 bits per heavy atom. The van der Waals surface area contributed by atoms with E-state index in [4.69, 9.17) is 4.84 Å². The first-order chi connectivity index (χ1) is 11.2. The highest BCUT2D eigenvalue weighted by Crippen LogP contribution is 2.26. The van der Waals surface area contributed by atoms with Gasteiger partial charge in [-0.25, -0.2) is 0 Å². The van der Waals surface area contributed by atoms with Gasteiger partial charge in [0.25, 0.3) is 5.91 Å². The number of anilines is 1. The number of aliphatic carboxylic acids is 1. The molecule has 24 heavy (non-hydrogen) atoms. The van der Waals surface area contributed by atoms with E-state index in [9.17, 15) is 14.7 Å². The van der Waals surface area contributed by atoms with Gasteiger partial charge in [0.1, 0.15) is 5.41 Å². The van der Waals surface area contributed by atoms with Crippen molar-refractivity contribution in [1.29, 1.82) is 0 Å². The Hall–Kier alpha value is -0.910. The molecule has 6 nitrogen and oxygen atoms in total. The zero-order valence-electron chi connectivity index (χ0n) is 13.7. The number of carboxylic acid groups (broad SMARTS) is 1. The first-order valence-electron chi connectivity index (χ1n) is 7.15. The number of nitrogens with zero attached hydrogens (tertiary/aromatic N) is 1. The van der Waals surface area contributed by atoms with E-state index >= 15 is 0 Å². The molecule has 0 atom stereocenters. The van der Waals surface area contributed by atoms with Gasteiger partial charge in [-0.05, 0) is 44.0 Å². The predicted molar refractivity (Wildman–Crippen MR) is 111 cm³/mol. The van der Waals surface area contributed by atoms with Gasteiger partial charge >= 0.3 is 5.97 Å². The summed E-state index contributed by atoms with van der Waals surface area (Å²) in [7, 11) is 0. The fourth-order valence-corrected chi connectivity index (χ4v) is 5.35. The van der Waals surface area contributed by atoms with Crippen molar-refractivity contribution in [1.82, 2.24) is 0 Å². The van der Waals surface area contributed by atoms with Crippen LogP contribution in [0.2, 0.25) is 0 Å². The van der Waals surface area contributed by atoms with E-state index in [1.165, 1.54) is 0 Å². The molecule has 0 spiro atoms. The molecule has 0 radical (unpaired) electrons. The Bertz CT molecular complexity index is 623. The van der Waals surface area contributed by atoms with Gasteiger partial charge in [0.05, 0.1) is 5.71 Å². The van der Waals surface area contributed by atoms with Crippen LogP contribution in [0.3, 0.4) is 0 Å². The Labute approximate surface area is 168 Å². The minimum absolute atomic E-state index is 0.275. The van der Waals surface area contributed by atoms with Crippen molar-refractivity contribution in [2.45, 2.75) is 20.8 Å². The standard InChI is InChI=1S/C16H20I2N2O4/c1-10-4-11(2)6-13(5-10)19-14(21)7-24-20-12(3)16(8-17,9-18)15(22)23/h4-6H,7-9H2,1-3H3,(H,19,21)(H,22,23)/b20-12+. The van der Waals surface area contributed by atoms with Crippen LogP contribution >= 0.6 is 45.2 Å². The van der Waals surface area contributed by atoms with Crippen LogP contribution in [-0.2, 0) is 14.4 Å². The van der Waals surface area contributed by atoms with Gasteiger partial charge < -0.3 is 15.3 Å². The van der Waals surface area contributed by atoms with Crippen molar-refractivity contribution in [3.8, 4) is 0 Å². The van der Waals surface area contributed by atoms with Crippen LogP contribution in [0.15, 0.2) is 23.4 Å². The monoisotopic (exact) mass is 558 g/mol. The highest BCUT2D eigenvalue weighted by Gasteiger charge is 2.40. The fraction of sp³-hybridized carbons (Fsp3) is 0.438. The van der Waals surface area contributed by atoms with E-state index in [1.54, 1.807) is 6.92 Å². The number of nitrogens with one attached hydrogen (secondary N) is 1. The molecule has 0 aliphatic carbocycles. The summed E-state index contributed by atoms with van der Waals surface area (Å²) < 4.78 is 0.743.